The molecule has 0 radical (unpaired) electrons. The van der Waals surface area contributed by atoms with Crippen LogP contribution in [-0.2, 0) is 4.79 Å². The molecule has 4 rings (SSSR count). The van der Waals surface area contributed by atoms with Gasteiger partial charge in [-0.25, -0.2) is 4.68 Å². The van der Waals surface area contributed by atoms with Crippen molar-refractivity contribution in [2.45, 2.75) is 25.7 Å². The van der Waals surface area contributed by atoms with E-state index in [0.29, 0.717) is 35.0 Å². The lowest BCUT2D eigenvalue weighted by Gasteiger charge is -2.30. The molecule has 2 aromatic heterocycles. The van der Waals surface area contributed by atoms with Crippen LogP contribution < -0.4 is 25.4 Å². The van der Waals surface area contributed by atoms with Crippen molar-refractivity contribution >= 4 is 29.0 Å². The lowest BCUT2D eigenvalue weighted by atomic mass is 10.1. The summed E-state index contributed by atoms with van der Waals surface area (Å²) in [4.78, 5) is 26.2. The third-order valence-electron chi connectivity index (χ3n) is 4.87. The van der Waals surface area contributed by atoms with Gasteiger partial charge in [-0.15, -0.1) is 11.3 Å². The van der Waals surface area contributed by atoms with Crippen LogP contribution in [0, 0.1) is 0 Å². The Hall–Kier alpha value is -3.37. The number of methoxy groups -OCH3 is 2. The minimum Gasteiger partial charge on any atom is -0.493 e. The van der Waals surface area contributed by atoms with Crippen LogP contribution in [0.4, 0.5) is 5.82 Å². The molecule has 3 heterocycles. The van der Waals surface area contributed by atoms with E-state index in [0.717, 1.165) is 4.88 Å². The SMILES string of the molecule is COc1cccc(C(=O)Nc2cc(-c3cccs3)nn2C2NC(=O)CC(C)N2)c1OC. The van der Waals surface area contributed by atoms with Gasteiger partial charge in [0.2, 0.25) is 5.91 Å². The Balaban J connectivity index is 1.70. The average Bonchev–Trinajstić information content (AvgIpc) is 3.42. The Morgan fingerprint density at radius 1 is 1.26 bits per heavy atom. The Morgan fingerprint density at radius 3 is 2.77 bits per heavy atom. The topological polar surface area (TPSA) is 107 Å². The van der Waals surface area contributed by atoms with Gasteiger partial charge in [-0.2, -0.15) is 5.10 Å². The van der Waals surface area contributed by atoms with Gasteiger partial charge in [0, 0.05) is 18.5 Å². The number of nitrogens with zero attached hydrogens (tertiary/aromatic N) is 2. The van der Waals surface area contributed by atoms with E-state index < -0.39 is 6.29 Å². The zero-order valence-electron chi connectivity index (χ0n) is 17.3. The van der Waals surface area contributed by atoms with Crippen molar-refractivity contribution in [1.29, 1.82) is 0 Å². The molecule has 31 heavy (non-hydrogen) atoms. The number of anilines is 1. The van der Waals surface area contributed by atoms with Crippen LogP contribution in [0.5, 0.6) is 11.5 Å². The molecule has 0 spiro atoms. The molecule has 10 heteroatoms. The van der Waals surface area contributed by atoms with Gasteiger partial charge in [0.1, 0.15) is 11.5 Å². The number of rotatable bonds is 6. The van der Waals surface area contributed by atoms with Crippen molar-refractivity contribution in [3.63, 3.8) is 0 Å². The standard InChI is InChI=1S/C21H23N5O4S/c1-12-10-18(27)24-21(22-12)26-17(11-14(25-26)16-8-5-9-31-16)23-20(28)13-6-4-7-15(29-2)19(13)30-3/h4-9,11-12,21-22H,10H2,1-3H3,(H,23,28)(H,24,27). The van der Waals surface area contributed by atoms with Gasteiger partial charge in [0.15, 0.2) is 17.8 Å². The van der Waals surface area contributed by atoms with Crippen LogP contribution in [0.1, 0.15) is 30.0 Å². The van der Waals surface area contributed by atoms with Gasteiger partial charge >= 0.3 is 0 Å². The van der Waals surface area contributed by atoms with Crippen LogP contribution in [0.2, 0.25) is 0 Å². The van der Waals surface area contributed by atoms with Gasteiger partial charge in [-0.3, -0.25) is 14.9 Å². The van der Waals surface area contributed by atoms with Gasteiger partial charge in [0.25, 0.3) is 5.91 Å². The predicted octanol–water partition coefficient (Wildman–Crippen LogP) is 2.84. The fourth-order valence-electron chi connectivity index (χ4n) is 3.47. The van der Waals surface area contributed by atoms with E-state index >= 15 is 0 Å². The molecule has 0 aliphatic carbocycles. The maximum absolute atomic E-state index is 13.1. The molecule has 2 amide bonds. The van der Waals surface area contributed by atoms with Gasteiger partial charge in [-0.1, -0.05) is 12.1 Å². The summed E-state index contributed by atoms with van der Waals surface area (Å²) in [5, 5.41) is 15.7. The smallest absolute Gasteiger partial charge is 0.260 e. The van der Waals surface area contributed by atoms with Crippen LogP contribution >= 0.6 is 11.3 Å². The first kappa shape index (κ1) is 20.9. The third kappa shape index (κ3) is 4.25. The third-order valence-corrected chi connectivity index (χ3v) is 5.77. The number of para-hydroxylation sites is 1. The largest absolute Gasteiger partial charge is 0.493 e. The number of carbonyl (C=O) groups is 2. The minimum atomic E-state index is -0.590. The van der Waals surface area contributed by atoms with Gasteiger partial charge in [0.05, 0.1) is 24.7 Å². The quantitative estimate of drug-likeness (QED) is 0.543. The zero-order chi connectivity index (χ0) is 22.0. The maximum Gasteiger partial charge on any atom is 0.260 e. The number of amides is 2. The summed E-state index contributed by atoms with van der Waals surface area (Å²) in [6, 6.07) is 10.7. The Labute approximate surface area is 183 Å². The second-order valence-corrected chi connectivity index (χ2v) is 8.02. The highest BCUT2D eigenvalue weighted by molar-refractivity contribution is 7.13. The molecule has 1 saturated heterocycles. The highest BCUT2D eigenvalue weighted by atomic mass is 32.1. The Morgan fingerprint density at radius 2 is 2.10 bits per heavy atom. The normalized spacial score (nSPS) is 18.4. The van der Waals surface area contributed by atoms with Crippen molar-refractivity contribution in [1.82, 2.24) is 20.4 Å². The molecule has 0 saturated carbocycles. The minimum absolute atomic E-state index is 0.0323. The lowest BCUT2D eigenvalue weighted by Crippen LogP contribution is -2.52. The molecule has 1 aliphatic heterocycles. The highest BCUT2D eigenvalue weighted by Crippen LogP contribution is 2.32. The molecule has 2 atom stereocenters. The van der Waals surface area contributed by atoms with Crippen molar-refractivity contribution in [2.75, 3.05) is 19.5 Å². The molecule has 1 fully saturated rings. The molecule has 9 nitrogen and oxygen atoms in total. The maximum atomic E-state index is 13.1. The summed E-state index contributed by atoms with van der Waals surface area (Å²) in [5.74, 6) is 0.758. The summed E-state index contributed by atoms with van der Waals surface area (Å²) in [6.07, 6.45) is -0.217. The number of benzene rings is 1. The van der Waals surface area contributed by atoms with E-state index in [1.165, 1.54) is 25.6 Å². The van der Waals surface area contributed by atoms with E-state index in [2.05, 4.69) is 21.0 Å². The van der Waals surface area contributed by atoms with Crippen molar-refractivity contribution < 1.29 is 19.1 Å². The zero-order valence-corrected chi connectivity index (χ0v) is 18.2. The molecule has 162 valence electrons. The predicted molar refractivity (Wildman–Crippen MR) is 117 cm³/mol. The first-order valence-electron chi connectivity index (χ1n) is 9.71. The monoisotopic (exact) mass is 441 g/mol. The van der Waals surface area contributed by atoms with Crippen LogP contribution in [0.3, 0.4) is 0 Å². The fraction of sp³-hybridized carbons (Fsp3) is 0.286. The van der Waals surface area contributed by atoms with E-state index in [9.17, 15) is 9.59 Å². The number of ether oxygens (including phenoxy) is 2. The van der Waals surface area contributed by atoms with E-state index in [4.69, 9.17) is 9.47 Å². The lowest BCUT2D eigenvalue weighted by molar-refractivity contribution is -0.125. The fourth-order valence-corrected chi connectivity index (χ4v) is 4.15. The van der Waals surface area contributed by atoms with Crippen molar-refractivity contribution in [3.05, 3.63) is 47.3 Å². The van der Waals surface area contributed by atoms with Gasteiger partial charge < -0.3 is 20.1 Å². The second-order valence-electron chi connectivity index (χ2n) is 7.07. The summed E-state index contributed by atoms with van der Waals surface area (Å²) in [7, 11) is 3.00. The van der Waals surface area contributed by atoms with E-state index in [-0.39, 0.29) is 17.9 Å². The van der Waals surface area contributed by atoms with Crippen LogP contribution in [-0.4, -0.2) is 41.9 Å². The Bertz CT molecular complexity index is 1100. The number of nitrogens with one attached hydrogen (secondary N) is 3. The number of hydrogen-bond acceptors (Lipinski definition) is 7. The summed E-state index contributed by atoms with van der Waals surface area (Å²) in [5.41, 5.74) is 1.01. The van der Waals surface area contributed by atoms with E-state index in [1.807, 2.05) is 24.4 Å². The first-order valence-corrected chi connectivity index (χ1v) is 10.6. The number of carbonyl (C=O) groups excluding carboxylic acids is 2. The van der Waals surface area contributed by atoms with Crippen LogP contribution in [0.15, 0.2) is 41.8 Å². The summed E-state index contributed by atoms with van der Waals surface area (Å²) in [6.45, 7) is 1.93. The van der Waals surface area contributed by atoms with Crippen molar-refractivity contribution in [2.24, 2.45) is 0 Å². The molecule has 3 N–H and O–H groups in total. The molecule has 2 unspecified atom stereocenters. The summed E-state index contributed by atoms with van der Waals surface area (Å²) >= 11 is 1.54. The van der Waals surface area contributed by atoms with Crippen LogP contribution in [0.25, 0.3) is 10.6 Å². The number of aromatic nitrogens is 2. The molecule has 0 bridgehead atoms. The molecular weight excluding hydrogens is 418 g/mol. The molecule has 1 aromatic carbocycles. The number of thiophene rings is 1. The highest BCUT2D eigenvalue weighted by Gasteiger charge is 2.28. The first-order chi connectivity index (χ1) is 15.0. The Kier molecular flexibility index (Phi) is 5.92. The molecule has 3 aromatic rings. The number of hydrogen-bond donors (Lipinski definition) is 3. The van der Waals surface area contributed by atoms with Crippen molar-refractivity contribution in [3.8, 4) is 22.1 Å². The second kappa shape index (κ2) is 8.78. The average molecular weight is 442 g/mol. The van der Waals surface area contributed by atoms with E-state index in [1.54, 1.807) is 28.9 Å². The van der Waals surface area contributed by atoms with Gasteiger partial charge in [-0.05, 0) is 30.5 Å². The molecule has 1 aliphatic rings. The summed E-state index contributed by atoms with van der Waals surface area (Å²) < 4.78 is 12.3. The molecular formula is C21H23N5O4S.